The highest BCUT2D eigenvalue weighted by Gasteiger charge is 2.35. The average Bonchev–Trinajstić information content (AvgIpc) is 2.35. The van der Waals surface area contributed by atoms with Gasteiger partial charge in [-0.1, -0.05) is 41.5 Å². The zero-order valence-electron chi connectivity index (χ0n) is 16.5. The molecule has 0 atom stereocenters. The highest BCUT2D eigenvalue weighted by atomic mass is 15.1. The summed E-state index contributed by atoms with van der Waals surface area (Å²) in [6.45, 7) is 24.3. The first-order chi connectivity index (χ1) is 9.78. The number of azo groups is 1. The van der Waals surface area contributed by atoms with Crippen molar-refractivity contribution in [2.45, 2.75) is 82.2 Å². The standard InChI is InChI=1S/C20H34N2/c1-12-13(2)15(4)17(16(5)14(12)3)21-22-18(19(6,7)8)20(9,10)11/h18H,1-11H3. The van der Waals surface area contributed by atoms with Crippen molar-refractivity contribution in [2.24, 2.45) is 21.1 Å². The molecule has 1 aromatic carbocycles. The highest BCUT2D eigenvalue weighted by molar-refractivity contribution is 5.60. The van der Waals surface area contributed by atoms with Crippen LogP contribution in [-0.4, -0.2) is 6.04 Å². The first-order valence-electron chi connectivity index (χ1n) is 8.26. The Kier molecular flexibility index (Phi) is 5.26. The maximum absolute atomic E-state index is 4.80. The van der Waals surface area contributed by atoms with E-state index in [4.69, 9.17) is 10.2 Å². The molecule has 1 aromatic rings. The van der Waals surface area contributed by atoms with E-state index < -0.39 is 0 Å². The molecule has 0 spiro atoms. The minimum absolute atomic E-state index is 0.0956. The molecule has 0 aliphatic carbocycles. The van der Waals surface area contributed by atoms with Gasteiger partial charge in [0.15, 0.2) is 0 Å². The number of hydrogen-bond donors (Lipinski definition) is 0. The van der Waals surface area contributed by atoms with E-state index >= 15 is 0 Å². The fraction of sp³-hybridized carbons (Fsp3) is 0.700. The van der Waals surface area contributed by atoms with Gasteiger partial charge >= 0.3 is 0 Å². The van der Waals surface area contributed by atoms with Gasteiger partial charge in [-0.25, -0.2) is 0 Å². The second kappa shape index (κ2) is 6.14. The summed E-state index contributed by atoms with van der Waals surface area (Å²) in [6.07, 6.45) is 0. The molecule has 1 rings (SSSR count). The van der Waals surface area contributed by atoms with E-state index in [1.807, 2.05) is 0 Å². The second-order valence-electron chi connectivity index (χ2n) is 8.82. The van der Waals surface area contributed by atoms with Crippen LogP contribution in [0, 0.1) is 45.4 Å². The lowest BCUT2D eigenvalue weighted by molar-refractivity contribution is 0.175. The lowest BCUT2D eigenvalue weighted by Gasteiger charge is -2.36. The molecule has 0 saturated carbocycles. The minimum Gasteiger partial charge on any atom is -0.184 e. The molecule has 0 aliphatic heterocycles. The number of nitrogens with zero attached hydrogens (tertiary/aromatic N) is 2. The van der Waals surface area contributed by atoms with Crippen molar-refractivity contribution < 1.29 is 0 Å². The maximum atomic E-state index is 4.80. The average molecular weight is 303 g/mol. The Balaban J connectivity index is 3.41. The van der Waals surface area contributed by atoms with E-state index in [1.165, 1.54) is 27.8 Å². The summed E-state index contributed by atoms with van der Waals surface area (Å²) < 4.78 is 0. The molecule has 0 N–H and O–H groups in total. The molecule has 0 saturated heterocycles. The SMILES string of the molecule is Cc1c(C)c(C)c(N=NC(C(C)(C)C)C(C)(C)C)c(C)c1C. The molecule has 2 nitrogen and oxygen atoms in total. The van der Waals surface area contributed by atoms with Crippen LogP contribution in [0.2, 0.25) is 0 Å². The van der Waals surface area contributed by atoms with Crippen LogP contribution in [-0.2, 0) is 0 Å². The van der Waals surface area contributed by atoms with Crippen molar-refractivity contribution >= 4 is 5.69 Å². The van der Waals surface area contributed by atoms with Crippen molar-refractivity contribution in [3.05, 3.63) is 27.8 Å². The summed E-state index contributed by atoms with van der Waals surface area (Å²) in [5, 5.41) is 9.52. The summed E-state index contributed by atoms with van der Waals surface area (Å²) in [5.41, 5.74) is 7.80. The van der Waals surface area contributed by atoms with Gasteiger partial charge in [0.05, 0.1) is 11.7 Å². The van der Waals surface area contributed by atoms with Crippen LogP contribution < -0.4 is 0 Å². The molecule has 0 amide bonds. The first kappa shape index (κ1) is 18.9. The van der Waals surface area contributed by atoms with E-state index in [2.05, 4.69) is 76.2 Å². The Labute approximate surface area is 137 Å². The van der Waals surface area contributed by atoms with Gasteiger partial charge in [0, 0.05) is 0 Å². The summed E-state index contributed by atoms with van der Waals surface area (Å²) in [7, 11) is 0. The Hall–Kier alpha value is -1.18. The van der Waals surface area contributed by atoms with Gasteiger partial charge in [-0.3, -0.25) is 0 Å². The second-order valence-corrected chi connectivity index (χ2v) is 8.82. The Morgan fingerprint density at radius 2 is 0.909 bits per heavy atom. The van der Waals surface area contributed by atoms with Gasteiger partial charge in [0.25, 0.3) is 0 Å². The topological polar surface area (TPSA) is 24.7 Å². The van der Waals surface area contributed by atoms with Crippen molar-refractivity contribution in [1.29, 1.82) is 0 Å². The molecular weight excluding hydrogens is 268 g/mol. The Bertz CT molecular complexity index is 538. The van der Waals surface area contributed by atoms with Gasteiger partial charge in [0.1, 0.15) is 0 Å². The molecule has 22 heavy (non-hydrogen) atoms. The van der Waals surface area contributed by atoms with Gasteiger partial charge in [-0.05, 0) is 73.3 Å². The van der Waals surface area contributed by atoms with Crippen LogP contribution in [0.3, 0.4) is 0 Å². The van der Waals surface area contributed by atoms with Crippen LogP contribution >= 0.6 is 0 Å². The highest BCUT2D eigenvalue weighted by Crippen LogP contribution is 2.38. The maximum Gasteiger partial charge on any atom is 0.0916 e. The molecule has 0 aromatic heterocycles. The molecule has 0 bridgehead atoms. The van der Waals surface area contributed by atoms with Crippen LogP contribution in [0.5, 0.6) is 0 Å². The summed E-state index contributed by atoms with van der Waals surface area (Å²) in [4.78, 5) is 0. The third-order valence-corrected chi connectivity index (χ3v) is 4.87. The van der Waals surface area contributed by atoms with Crippen molar-refractivity contribution in [3.8, 4) is 0 Å². The van der Waals surface area contributed by atoms with E-state index in [1.54, 1.807) is 0 Å². The number of rotatable bonds is 2. The molecule has 0 fully saturated rings. The third-order valence-electron chi connectivity index (χ3n) is 4.87. The van der Waals surface area contributed by atoms with Gasteiger partial charge in [-0.15, -0.1) is 0 Å². The molecule has 0 heterocycles. The quantitative estimate of drug-likeness (QED) is 0.538. The van der Waals surface area contributed by atoms with Gasteiger partial charge in [0.2, 0.25) is 0 Å². The predicted octanol–water partition coefficient (Wildman–Crippen LogP) is 6.77. The third kappa shape index (κ3) is 3.77. The Morgan fingerprint density at radius 3 is 1.23 bits per heavy atom. The van der Waals surface area contributed by atoms with Crippen LogP contribution in [0.1, 0.15) is 69.4 Å². The van der Waals surface area contributed by atoms with Crippen LogP contribution in [0.25, 0.3) is 0 Å². The van der Waals surface area contributed by atoms with Gasteiger partial charge < -0.3 is 0 Å². The van der Waals surface area contributed by atoms with E-state index in [-0.39, 0.29) is 16.9 Å². The van der Waals surface area contributed by atoms with Crippen molar-refractivity contribution in [2.75, 3.05) is 0 Å². The lowest BCUT2D eigenvalue weighted by atomic mass is 9.72. The van der Waals surface area contributed by atoms with E-state index in [0.717, 1.165) is 5.69 Å². The van der Waals surface area contributed by atoms with E-state index in [0.29, 0.717) is 0 Å². The predicted molar refractivity (Wildman–Crippen MR) is 97.3 cm³/mol. The fourth-order valence-corrected chi connectivity index (χ4v) is 3.39. The fourth-order valence-electron chi connectivity index (χ4n) is 3.39. The monoisotopic (exact) mass is 302 g/mol. The van der Waals surface area contributed by atoms with Gasteiger partial charge in [-0.2, -0.15) is 10.2 Å². The van der Waals surface area contributed by atoms with Crippen LogP contribution in [0.15, 0.2) is 10.2 Å². The molecule has 2 heteroatoms. The van der Waals surface area contributed by atoms with E-state index in [9.17, 15) is 0 Å². The zero-order valence-corrected chi connectivity index (χ0v) is 16.5. The largest absolute Gasteiger partial charge is 0.184 e. The van der Waals surface area contributed by atoms with Crippen LogP contribution in [0.4, 0.5) is 5.69 Å². The molecule has 124 valence electrons. The zero-order chi connectivity index (χ0) is 17.5. The minimum atomic E-state index is 0.0956. The molecule has 0 aliphatic rings. The lowest BCUT2D eigenvalue weighted by Crippen LogP contribution is -2.36. The molecule has 0 unspecified atom stereocenters. The molecule has 0 radical (unpaired) electrons. The molecular formula is C20H34N2. The first-order valence-corrected chi connectivity index (χ1v) is 8.26. The normalized spacial score (nSPS) is 13.5. The van der Waals surface area contributed by atoms with Crippen molar-refractivity contribution in [1.82, 2.24) is 0 Å². The summed E-state index contributed by atoms with van der Waals surface area (Å²) in [6, 6.07) is 0.181. The summed E-state index contributed by atoms with van der Waals surface area (Å²) in [5.74, 6) is 0. The Morgan fingerprint density at radius 1 is 0.591 bits per heavy atom. The number of hydrogen-bond acceptors (Lipinski definition) is 2. The number of benzene rings is 1. The summed E-state index contributed by atoms with van der Waals surface area (Å²) >= 11 is 0. The van der Waals surface area contributed by atoms with Crippen molar-refractivity contribution in [3.63, 3.8) is 0 Å². The smallest absolute Gasteiger partial charge is 0.0916 e.